The highest BCUT2D eigenvalue weighted by molar-refractivity contribution is 7.90. The van der Waals surface area contributed by atoms with Gasteiger partial charge in [0, 0.05) is 17.3 Å². The maximum atomic E-state index is 12.7. The van der Waals surface area contributed by atoms with Crippen LogP contribution in [0.3, 0.4) is 0 Å². The molecular formula is C26H43N3O5S2. The van der Waals surface area contributed by atoms with Gasteiger partial charge in [0.15, 0.2) is 0 Å². The fourth-order valence-electron chi connectivity index (χ4n) is 4.38. The van der Waals surface area contributed by atoms with E-state index in [4.69, 9.17) is 5.14 Å². The topological polar surface area (TPSA) is 139 Å². The molecule has 0 saturated heterocycles. The van der Waals surface area contributed by atoms with Crippen LogP contribution in [0.5, 0.6) is 5.75 Å². The standard InChI is InChI=1S/C26H43N3O5S2/c1-2-3-4-5-6-7-8-9-10-11-12-13-14-15-21-28-35(31,32)25-20-19-22-23(26(25)30)17-16-18-24(22)29-36(27,33)34/h16-20,28-30H,2-15,21H2,1H3,(H2,27,33,34). The Balaban J connectivity index is 1.70. The zero-order valence-electron chi connectivity index (χ0n) is 21.5. The van der Waals surface area contributed by atoms with Crippen molar-refractivity contribution in [3.63, 3.8) is 0 Å². The summed E-state index contributed by atoms with van der Waals surface area (Å²) in [6.07, 6.45) is 17.2. The zero-order valence-corrected chi connectivity index (χ0v) is 23.1. The number of sulfonamides is 1. The van der Waals surface area contributed by atoms with E-state index in [2.05, 4.69) is 16.4 Å². The Labute approximate surface area is 217 Å². The third-order valence-electron chi connectivity index (χ3n) is 6.36. The Hall–Kier alpha value is -1.88. The van der Waals surface area contributed by atoms with Gasteiger partial charge in [-0.05, 0) is 18.6 Å². The summed E-state index contributed by atoms with van der Waals surface area (Å²) in [7, 11) is -7.93. The average molecular weight is 542 g/mol. The van der Waals surface area contributed by atoms with Gasteiger partial charge in [-0.25, -0.2) is 18.3 Å². The van der Waals surface area contributed by atoms with Crippen LogP contribution in [-0.2, 0) is 20.2 Å². The molecule has 0 radical (unpaired) electrons. The molecule has 0 spiro atoms. The van der Waals surface area contributed by atoms with E-state index in [1.165, 1.54) is 101 Å². The van der Waals surface area contributed by atoms with Gasteiger partial charge in [-0.2, -0.15) is 8.42 Å². The molecule has 8 nitrogen and oxygen atoms in total. The number of phenolic OH excluding ortho intramolecular Hbond substituents is 1. The number of unbranched alkanes of at least 4 members (excludes halogenated alkanes) is 13. The van der Waals surface area contributed by atoms with Gasteiger partial charge in [-0.3, -0.25) is 4.72 Å². The summed E-state index contributed by atoms with van der Waals surface area (Å²) in [6.45, 7) is 2.54. The molecule has 0 unspecified atom stereocenters. The van der Waals surface area contributed by atoms with Crippen molar-refractivity contribution in [2.24, 2.45) is 5.14 Å². The highest BCUT2D eigenvalue weighted by Crippen LogP contribution is 2.35. The van der Waals surface area contributed by atoms with Gasteiger partial charge in [-0.15, -0.1) is 0 Å². The number of rotatable bonds is 19. The Bertz CT molecular complexity index is 1150. The number of phenols is 1. The highest BCUT2D eigenvalue weighted by Gasteiger charge is 2.21. The number of aromatic hydroxyl groups is 1. The second kappa shape index (κ2) is 15.4. The largest absolute Gasteiger partial charge is 0.506 e. The summed E-state index contributed by atoms with van der Waals surface area (Å²) in [5, 5.41) is 16.2. The molecule has 0 bridgehead atoms. The number of anilines is 1. The smallest absolute Gasteiger partial charge is 0.296 e. The van der Waals surface area contributed by atoms with E-state index < -0.39 is 26.0 Å². The summed E-state index contributed by atoms with van der Waals surface area (Å²) >= 11 is 0. The SMILES string of the molecule is CCCCCCCCCCCCCCCCNS(=O)(=O)c1ccc2c(NS(N)(=O)=O)cccc2c1O. The van der Waals surface area contributed by atoms with E-state index in [0.717, 1.165) is 19.3 Å². The summed E-state index contributed by atoms with van der Waals surface area (Å²) < 4.78 is 53.0. The molecule has 10 heteroatoms. The third kappa shape index (κ3) is 10.6. The van der Waals surface area contributed by atoms with Crippen molar-refractivity contribution in [3.8, 4) is 5.75 Å². The maximum Gasteiger partial charge on any atom is 0.296 e. The normalized spacial score (nSPS) is 12.3. The summed E-state index contributed by atoms with van der Waals surface area (Å²) in [4.78, 5) is -0.242. The van der Waals surface area contributed by atoms with Gasteiger partial charge in [-0.1, -0.05) is 109 Å². The third-order valence-corrected chi connectivity index (χ3v) is 8.36. The van der Waals surface area contributed by atoms with Crippen LogP contribution < -0.4 is 14.6 Å². The first kappa shape index (κ1) is 30.3. The quantitative estimate of drug-likeness (QED) is 0.164. The van der Waals surface area contributed by atoms with Crippen LogP contribution in [0.2, 0.25) is 0 Å². The van der Waals surface area contributed by atoms with E-state index in [-0.39, 0.29) is 16.0 Å². The zero-order chi connectivity index (χ0) is 26.4. The van der Waals surface area contributed by atoms with Crippen LogP contribution in [-0.4, -0.2) is 28.5 Å². The van der Waals surface area contributed by atoms with E-state index in [0.29, 0.717) is 11.9 Å². The van der Waals surface area contributed by atoms with Crippen molar-refractivity contribution < 1.29 is 21.9 Å². The molecule has 0 aromatic heterocycles. The lowest BCUT2D eigenvalue weighted by Gasteiger charge is -2.13. The number of benzene rings is 2. The molecule has 2 aromatic rings. The molecule has 0 fully saturated rings. The Kier molecular flexibility index (Phi) is 13.0. The van der Waals surface area contributed by atoms with E-state index >= 15 is 0 Å². The second-order valence-electron chi connectivity index (χ2n) is 9.45. The lowest BCUT2D eigenvalue weighted by atomic mass is 10.0. The van der Waals surface area contributed by atoms with Crippen molar-refractivity contribution >= 4 is 36.7 Å². The molecule has 204 valence electrons. The van der Waals surface area contributed by atoms with Crippen LogP contribution >= 0.6 is 0 Å². The van der Waals surface area contributed by atoms with Crippen LogP contribution in [0.1, 0.15) is 96.8 Å². The maximum absolute atomic E-state index is 12.7. The molecule has 0 aliphatic carbocycles. The van der Waals surface area contributed by atoms with Gasteiger partial charge in [0.2, 0.25) is 10.0 Å². The van der Waals surface area contributed by atoms with Gasteiger partial charge < -0.3 is 5.11 Å². The Morgan fingerprint density at radius 1 is 0.722 bits per heavy atom. The summed E-state index contributed by atoms with van der Waals surface area (Å²) in [5.74, 6) is -0.431. The fourth-order valence-corrected chi connectivity index (χ4v) is 6.05. The molecule has 0 amide bonds. The number of fused-ring (bicyclic) bond motifs is 1. The molecular weight excluding hydrogens is 498 g/mol. The van der Waals surface area contributed by atoms with Crippen LogP contribution in [0.4, 0.5) is 5.69 Å². The van der Waals surface area contributed by atoms with Crippen LogP contribution in [0.15, 0.2) is 35.2 Å². The molecule has 2 rings (SSSR count). The van der Waals surface area contributed by atoms with E-state index in [1.54, 1.807) is 0 Å². The van der Waals surface area contributed by atoms with Crippen LogP contribution in [0.25, 0.3) is 10.8 Å². The molecule has 0 aliphatic rings. The molecule has 0 aliphatic heterocycles. The number of nitrogens with one attached hydrogen (secondary N) is 2. The molecule has 36 heavy (non-hydrogen) atoms. The van der Waals surface area contributed by atoms with Crippen molar-refractivity contribution in [2.75, 3.05) is 11.3 Å². The van der Waals surface area contributed by atoms with Gasteiger partial charge in [0.1, 0.15) is 10.6 Å². The first-order chi connectivity index (χ1) is 17.2. The predicted molar refractivity (Wildman–Crippen MR) is 148 cm³/mol. The monoisotopic (exact) mass is 541 g/mol. The molecule has 0 heterocycles. The van der Waals surface area contributed by atoms with Gasteiger partial charge >= 0.3 is 0 Å². The van der Waals surface area contributed by atoms with E-state index in [9.17, 15) is 21.9 Å². The fraction of sp³-hybridized carbons (Fsp3) is 0.615. The van der Waals surface area contributed by atoms with Crippen molar-refractivity contribution in [1.29, 1.82) is 0 Å². The first-order valence-corrected chi connectivity index (χ1v) is 16.2. The van der Waals surface area contributed by atoms with Crippen molar-refractivity contribution in [3.05, 3.63) is 30.3 Å². The minimum atomic E-state index is -4.02. The average Bonchev–Trinajstić information content (AvgIpc) is 2.81. The van der Waals surface area contributed by atoms with Crippen LogP contribution in [0, 0.1) is 0 Å². The highest BCUT2D eigenvalue weighted by atomic mass is 32.2. The minimum Gasteiger partial charge on any atom is -0.506 e. The van der Waals surface area contributed by atoms with Gasteiger partial charge in [0.25, 0.3) is 10.2 Å². The molecule has 0 atom stereocenters. The summed E-state index contributed by atoms with van der Waals surface area (Å²) in [5.41, 5.74) is 0.157. The van der Waals surface area contributed by atoms with Gasteiger partial charge in [0.05, 0.1) is 5.69 Å². The van der Waals surface area contributed by atoms with E-state index in [1.807, 2.05) is 0 Å². The first-order valence-electron chi connectivity index (χ1n) is 13.2. The lowest BCUT2D eigenvalue weighted by molar-refractivity contribution is 0.464. The van der Waals surface area contributed by atoms with Crippen molar-refractivity contribution in [2.45, 2.75) is 102 Å². The Morgan fingerprint density at radius 3 is 1.78 bits per heavy atom. The minimum absolute atomic E-state index is 0.157. The number of nitrogens with two attached hydrogens (primary N) is 1. The number of hydrogen-bond donors (Lipinski definition) is 4. The number of hydrogen-bond acceptors (Lipinski definition) is 5. The Morgan fingerprint density at radius 2 is 1.25 bits per heavy atom. The lowest BCUT2D eigenvalue weighted by Crippen LogP contribution is -2.25. The molecule has 2 aromatic carbocycles. The van der Waals surface area contributed by atoms with Crippen molar-refractivity contribution in [1.82, 2.24) is 4.72 Å². The summed E-state index contributed by atoms with van der Waals surface area (Å²) in [6, 6.07) is 7.22. The second-order valence-corrected chi connectivity index (χ2v) is 12.5. The molecule has 0 saturated carbocycles. The predicted octanol–water partition coefficient (Wildman–Crippen LogP) is 5.92. The molecule has 5 N–H and O–H groups in total.